The molecule has 0 aromatic rings. The summed E-state index contributed by atoms with van der Waals surface area (Å²) < 4.78 is 6.96. The Morgan fingerprint density at radius 3 is 3.11 bits per heavy atom. The Morgan fingerprint density at radius 2 is 2.50 bits per heavy atom. The van der Waals surface area contributed by atoms with Gasteiger partial charge < -0.3 is 5.11 Å². The van der Waals surface area contributed by atoms with Crippen molar-refractivity contribution in [2.45, 2.75) is 25.8 Å². The number of hydrogen-bond donors (Lipinski definition) is 1. The first-order valence-corrected chi connectivity index (χ1v) is 6.47. The van der Waals surface area contributed by atoms with Crippen molar-refractivity contribution < 1.29 is 14.7 Å². The Bertz CT molecular complexity index is 469. The van der Waals surface area contributed by atoms with Gasteiger partial charge in [-0.2, -0.15) is 0 Å². The van der Waals surface area contributed by atoms with E-state index < -0.39 is 17.3 Å². The smallest absolute Gasteiger partial charge is 0.235 e. The molecule has 4 unspecified atom stereocenters. The molecule has 0 spiro atoms. The second-order valence-electron chi connectivity index (χ2n) is 5.56. The van der Waals surface area contributed by atoms with Crippen molar-refractivity contribution >= 4 is 19.6 Å². The number of rotatable bonds is 3. The van der Waals surface area contributed by atoms with Crippen LogP contribution in [0.25, 0.3) is 0 Å². The first-order valence-electron chi connectivity index (χ1n) is 6.88. The van der Waals surface area contributed by atoms with E-state index in [1.165, 1.54) is 0 Å². The van der Waals surface area contributed by atoms with Gasteiger partial charge in [-0.3, -0.25) is 14.5 Å². The van der Waals surface area contributed by atoms with Gasteiger partial charge in [-0.05, 0) is 24.7 Å². The Hall–Kier alpha value is -1.10. The number of imide groups is 1. The van der Waals surface area contributed by atoms with Crippen molar-refractivity contribution in [2.24, 2.45) is 23.2 Å². The third kappa shape index (κ3) is 1.11. The number of hydrogen-bond acceptors (Lipinski definition) is 3. The van der Waals surface area contributed by atoms with E-state index in [1.807, 2.05) is 6.92 Å². The van der Waals surface area contributed by atoms with Crippen LogP contribution < -0.4 is 0 Å². The maximum Gasteiger partial charge on any atom is 0.235 e. The molecule has 2 amide bonds. The van der Waals surface area contributed by atoms with E-state index in [2.05, 4.69) is 17.3 Å². The van der Waals surface area contributed by atoms with Crippen LogP contribution in [0.2, 0.25) is 0 Å². The monoisotopic (exact) mass is 247 g/mol. The van der Waals surface area contributed by atoms with Gasteiger partial charge in [0, 0.05) is 5.92 Å². The average molecular weight is 247 g/mol. The van der Waals surface area contributed by atoms with Gasteiger partial charge in [-0.25, -0.2) is 0 Å². The lowest BCUT2D eigenvalue weighted by molar-refractivity contribution is -0.136. The van der Waals surface area contributed by atoms with E-state index in [1.54, 1.807) is 0 Å². The molecule has 0 aromatic carbocycles. The average Bonchev–Trinajstić information content (AvgIpc) is 3.01. The van der Waals surface area contributed by atoms with Gasteiger partial charge in [0.05, 0.1) is 18.1 Å². The number of aliphatic hydroxyl groups excluding tert-OH is 1. The van der Waals surface area contributed by atoms with Gasteiger partial charge >= 0.3 is 0 Å². The van der Waals surface area contributed by atoms with Gasteiger partial charge in [-0.15, -0.1) is 0 Å². The fourth-order valence-corrected chi connectivity index (χ4v) is 4.56. The third-order valence-corrected chi connectivity index (χ3v) is 5.19. The van der Waals surface area contributed by atoms with Crippen LogP contribution in [-0.4, -0.2) is 43.6 Å². The van der Waals surface area contributed by atoms with Gasteiger partial charge in [-0.1, -0.05) is 19.1 Å². The van der Waals surface area contributed by atoms with Crippen LogP contribution in [0.1, 0.15) is 19.8 Å². The SMILES string of the molecule is [3H]OC[C@@H]1C2C3C=CC(C3)C2(CC)C(=O)N1C([B])=O. The van der Waals surface area contributed by atoms with Crippen LogP contribution in [0.15, 0.2) is 12.2 Å². The molecule has 18 heavy (non-hydrogen) atoms. The number of fused-ring (bicyclic) bond motifs is 5. The number of allylic oxidation sites excluding steroid dienone is 2. The number of nitrogens with zero attached hydrogens (tertiary/aromatic N) is 1. The lowest BCUT2D eigenvalue weighted by atomic mass is 9.66. The van der Waals surface area contributed by atoms with Crippen LogP contribution in [0, 0.1) is 23.2 Å². The predicted octanol–water partition coefficient (Wildman–Crippen LogP) is 0.697. The molecule has 0 aromatic heterocycles. The molecule has 2 radical (unpaired) electrons. The van der Waals surface area contributed by atoms with Crippen molar-refractivity contribution in [3.8, 4) is 0 Å². The Labute approximate surface area is 109 Å². The summed E-state index contributed by atoms with van der Waals surface area (Å²) in [6, 6.07) is -0.401. The molecule has 94 valence electrons. The van der Waals surface area contributed by atoms with Crippen LogP contribution in [0.4, 0.5) is 4.79 Å². The number of carbonyl (C=O) groups is 2. The molecule has 1 saturated heterocycles. The molecule has 2 aliphatic carbocycles. The second-order valence-corrected chi connectivity index (χ2v) is 5.56. The molecule has 1 aliphatic heterocycles. The Morgan fingerprint density at radius 1 is 1.72 bits per heavy atom. The molecule has 2 fully saturated rings. The molecule has 1 N–H and O–H groups in total. The highest BCUT2D eigenvalue weighted by atomic mass is 16.3. The molecule has 4 nitrogen and oxygen atoms in total. The van der Waals surface area contributed by atoms with Crippen molar-refractivity contribution in [1.82, 2.24) is 4.90 Å². The summed E-state index contributed by atoms with van der Waals surface area (Å²) in [6.45, 7) is 2.03. The lowest BCUT2D eigenvalue weighted by Gasteiger charge is -2.33. The predicted molar refractivity (Wildman–Crippen MR) is 65.8 cm³/mol. The molecule has 5 atom stereocenters. The van der Waals surface area contributed by atoms with E-state index in [-0.39, 0.29) is 24.3 Å². The molecular formula is C13H16BNO3. The third-order valence-electron chi connectivity index (χ3n) is 5.19. The number of amides is 2. The minimum atomic E-state index is -0.728. The van der Waals surface area contributed by atoms with Crippen molar-refractivity contribution in [3.63, 3.8) is 0 Å². The molecule has 3 rings (SSSR count). The van der Waals surface area contributed by atoms with E-state index >= 15 is 0 Å². The largest absolute Gasteiger partial charge is 0.394 e. The summed E-state index contributed by atoms with van der Waals surface area (Å²) in [5.41, 5.74) is -0.516. The summed E-state index contributed by atoms with van der Waals surface area (Å²) in [5.74, 6) is -0.381. The van der Waals surface area contributed by atoms with Crippen LogP contribution in [0.3, 0.4) is 0 Å². The summed E-state index contributed by atoms with van der Waals surface area (Å²) in [6.07, 6.45) is 5.90. The first-order chi connectivity index (χ1) is 9.07. The van der Waals surface area contributed by atoms with E-state index in [0.29, 0.717) is 12.3 Å². The van der Waals surface area contributed by atoms with Gasteiger partial charge in [0.15, 0.2) is 5.81 Å². The van der Waals surface area contributed by atoms with Crippen molar-refractivity contribution in [2.75, 3.05) is 6.61 Å². The van der Waals surface area contributed by atoms with Crippen molar-refractivity contribution in [1.29, 1.82) is 1.43 Å². The highest BCUT2D eigenvalue weighted by Crippen LogP contribution is 2.63. The van der Waals surface area contributed by atoms with E-state index in [0.717, 1.165) is 11.3 Å². The fraction of sp³-hybridized carbons (Fsp3) is 0.692. The van der Waals surface area contributed by atoms with E-state index in [4.69, 9.17) is 9.28 Å². The van der Waals surface area contributed by atoms with Gasteiger partial charge in [0.2, 0.25) is 15.2 Å². The molecule has 1 heterocycles. The first kappa shape index (κ1) is 10.8. The molecule has 2 bridgehead atoms. The fourth-order valence-electron chi connectivity index (χ4n) is 4.56. The zero-order valence-electron chi connectivity index (χ0n) is 11.3. The second kappa shape index (κ2) is 3.70. The van der Waals surface area contributed by atoms with Crippen LogP contribution in [-0.2, 0) is 4.79 Å². The topological polar surface area (TPSA) is 57.6 Å². The van der Waals surface area contributed by atoms with Crippen molar-refractivity contribution in [3.05, 3.63) is 12.2 Å². The zero-order chi connectivity index (χ0) is 13.8. The Kier molecular flexibility index (Phi) is 2.22. The molecule has 3 aliphatic rings. The highest BCUT2D eigenvalue weighted by molar-refractivity contribution is 6.58. The quantitative estimate of drug-likeness (QED) is 0.589. The molecule has 5 heteroatoms. The Balaban J connectivity index is 2.08. The van der Waals surface area contributed by atoms with Crippen LogP contribution in [0.5, 0.6) is 0 Å². The number of likely N-dealkylation sites (tertiary alicyclic amines) is 1. The zero-order valence-corrected chi connectivity index (χ0v) is 10.3. The number of aliphatic hydroxyl groups is 1. The van der Waals surface area contributed by atoms with Gasteiger partial charge in [0.25, 0.3) is 0 Å². The maximum absolute atomic E-state index is 12.7. The van der Waals surface area contributed by atoms with Gasteiger partial charge in [0.1, 0.15) is 0 Å². The minimum absolute atomic E-state index is 0.0397. The standard InChI is InChI=1S/C13H16BNO3/c1-2-13-8-4-3-7(5-8)10(13)9(6-16)15(11(13)17)12(14)18/h3-4,7-10,16H,2,5-6H2,1H3/t7?,8?,9-,10?,13?/m1/s1/i16T. The number of carbonyl (C=O) groups excluding carboxylic acids is 2. The highest BCUT2D eigenvalue weighted by Gasteiger charge is 2.68. The van der Waals surface area contributed by atoms with Crippen LogP contribution >= 0.6 is 0 Å². The minimum Gasteiger partial charge on any atom is -0.394 e. The maximum atomic E-state index is 12.7. The molecular weight excluding hydrogens is 229 g/mol. The summed E-state index contributed by atoms with van der Waals surface area (Å²) >= 11 is 0. The summed E-state index contributed by atoms with van der Waals surface area (Å²) in [4.78, 5) is 25.5. The van der Waals surface area contributed by atoms with E-state index in [9.17, 15) is 9.59 Å². The summed E-state index contributed by atoms with van der Waals surface area (Å²) in [5, 5.41) is 4.48. The lowest BCUT2D eigenvalue weighted by Crippen LogP contribution is -2.43. The normalized spacial score (nSPS) is 45.5. The molecule has 1 saturated carbocycles. The summed E-state index contributed by atoms with van der Waals surface area (Å²) in [7, 11) is 5.37.